The van der Waals surface area contributed by atoms with E-state index in [1.165, 1.54) is 0 Å². The zero-order chi connectivity index (χ0) is 10.6. The number of nitrogens with one attached hydrogen (secondary N) is 2. The number of carbonyl (C=O) groups excluding carboxylic acids is 1. The Balaban J connectivity index is 2.34. The number of amides is 1. The van der Waals surface area contributed by atoms with Crippen molar-refractivity contribution in [2.45, 2.75) is 26.4 Å². The number of rotatable bonds is 3. The van der Waals surface area contributed by atoms with Crippen LogP contribution < -0.4 is 10.6 Å². The molecule has 1 amide bonds. The molecule has 82 valence electrons. The topological polar surface area (TPSA) is 61.4 Å². The van der Waals surface area contributed by atoms with Crippen molar-refractivity contribution in [3.63, 3.8) is 0 Å². The van der Waals surface area contributed by atoms with E-state index in [0.29, 0.717) is 12.5 Å². The van der Waals surface area contributed by atoms with Crippen LogP contribution in [0, 0.1) is 11.8 Å². The molecule has 0 spiro atoms. The molecule has 1 aliphatic rings. The standard InChI is InChI=1S/C10H20N2O2/c1-7-5-11-4-3-9(7)10(14)12-6-8(2)13/h7-9,11,13H,3-6H2,1-2H3,(H,12,14)/t7?,8-,9?/m0/s1. The SMILES string of the molecule is CC1CNCCC1C(=O)NC[C@H](C)O. The Hall–Kier alpha value is -0.610. The number of aliphatic hydroxyl groups excluding tert-OH is 1. The highest BCUT2D eigenvalue weighted by Gasteiger charge is 2.27. The van der Waals surface area contributed by atoms with Gasteiger partial charge in [-0.3, -0.25) is 4.79 Å². The number of hydrogen-bond donors (Lipinski definition) is 3. The molecule has 14 heavy (non-hydrogen) atoms. The van der Waals surface area contributed by atoms with Crippen molar-refractivity contribution in [3.8, 4) is 0 Å². The van der Waals surface area contributed by atoms with E-state index in [-0.39, 0.29) is 11.8 Å². The summed E-state index contributed by atoms with van der Waals surface area (Å²) in [6, 6.07) is 0. The molecule has 1 rings (SSSR count). The van der Waals surface area contributed by atoms with Crippen LogP contribution in [-0.4, -0.2) is 36.8 Å². The van der Waals surface area contributed by atoms with Crippen molar-refractivity contribution in [2.75, 3.05) is 19.6 Å². The fourth-order valence-corrected chi connectivity index (χ4v) is 1.78. The zero-order valence-electron chi connectivity index (χ0n) is 8.92. The van der Waals surface area contributed by atoms with Gasteiger partial charge in [-0.25, -0.2) is 0 Å². The summed E-state index contributed by atoms with van der Waals surface area (Å²) in [6.45, 7) is 5.93. The predicted molar refractivity (Wildman–Crippen MR) is 54.8 cm³/mol. The first-order valence-corrected chi connectivity index (χ1v) is 5.27. The lowest BCUT2D eigenvalue weighted by molar-refractivity contribution is -0.127. The summed E-state index contributed by atoms with van der Waals surface area (Å²) in [5.41, 5.74) is 0. The van der Waals surface area contributed by atoms with Crippen LogP contribution in [-0.2, 0) is 4.79 Å². The molecule has 1 aliphatic heterocycles. The van der Waals surface area contributed by atoms with E-state index in [4.69, 9.17) is 5.11 Å². The van der Waals surface area contributed by atoms with Gasteiger partial charge in [0.1, 0.15) is 0 Å². The summed E-state index contributed by atoms with van der Waals surface area (Å²) >= 11 is 0. The Kier molecular flexibility index (Phi) is 4.35. The fourth-order valence-electron chi connectivity index (χ4n) is 1.78. The van der Waals surface area contributed by atoms with Gasteiger partial charge in [0.05, 0.1) is 6.10 Å². The molecular weight excluding hydrogens is 180 g/mol. The van der Waals surface area contributed by atoms with Crippen LogP contribution in [0.5, 0.6) is 0 Å². The van der Waals surface area contributed by atoms with Gasteiger partial charge < -0.3 is 15.7 Å². The highest BCUT2D eigenvalue weighted by molar-refractivity contribution is 5.79. The van der Waals surface area contributed by atoms with Crippen molar-refractivity contribution in [1.82, 2.24) is 10.6 Å². The largest absolute Gasteiger partial charge is 0.392 e. The Bertz CT molecular complexity index is 195. The van der Waals surface area contributed by atoms with Gasteiger partial charge in [0.15, 0.2) is 0 Å². The van der Waals surface area contributed by atoms with Crippen molar-refractivity contribution >= 4 is 5.91 Å². The third-order valence-corrected chi connectivity index (χ3v) is 2.69. The molecule has 0 bridgehead atoms. The quantitative estimate of drug-likeness (QED) is 0.587. The van der Waals surface area contributed by atoms with E-state index in [9.17, 15) is 4.79 Å². The molecule has 0 aliphatic carbocycles. The summed E-state index contributed by atoms with van der Waals surface area (Å²) in [6.07, 6.45) is 0.434. The van der Waals surface area contributed by atoms with Crippen molar-refractivity contribution in [3.05, 3.63) is 0 Å². The minimum absolute atomic E-state index is 0.0832. The van der Waals surface area contributed by atoms with Crippen molar-refractivity contribution < 1.29 is 9.90 Å². The minimum Gasteiger partial charge on any atom is -0.392 e. The average Bonchev–Trinajstić information content (AvgIpc) is 2.15. The van der Waals surface area contributed by atoms with E-state index in [1.807, 2.05) is 0 Å². The summed E-state index contributed by atoms with van der Waals surface area (Å²) in [7, 11) is 0. The van der Waals surface area contributed by atoms with E-state index < -0.39 is 6.10 Å². The molecule has 0 aromatic rings. The smallest absolute Gasteiger partial charge is 0.223 e. The highest BCUT2D eigenvalue weighted by Crippen LogP contribution is 2.18. The predicted octanol–water partition coefficient (Wildman–Crippen LogP) is -0.271. The molecule has 1 saturated heterocycles. The maximum atomic E-state index is 11.7. The van der Waals surface area contributed by atoms with Crippen LogP contribution in [0.15, 0.2) is 0 Å². The molecule has 4 nitrogen and oxygen atoms in total. The number of carbonyl (C=O) groups is 1. The summed E-state index contributed by atoms with van der Waals surface area (Å²) in [5.74, 6) is 0.577. The van der Waals surface area contributed by atoms with Crippen molar-refractivity contribution in [2.24, 2.45) is 11.8 Å². The summed E-state index contributed by atoms with van der Waals surface area (Å²) in [5, 5.41) is 15.1. The van der Waals surface area contributed by atoms with Gasteiger partial charge in [-0.05, 0) is 32.4 Å². The number of piperidine rings is 1. The number of aliphatic hydroxyl groups is 1. The van der Waals surface area contributed by atoms with Crippen LogP contribution in [0.25, 0.3) is 0 Å². The average molecular weight is 200 g/mol. The third kappa shape index (κ3) is 3.27. The van der Waals surface area contributed by atoms with Crippen LogP contribution >= 0.6 is 0 Å². The summed E-state index contributed by atoms with van der Waals surface area (Å²) in [4.78, 5) is 11.7. The van der Waals surface area contributed by atoms with Gasteiger partial charge in [0.25, 0.3) is 0 Å². The minimum atomic E-state index is -0.462. The Labute approximate surface area is 85.1 Å². The molecule has 0 aromatic carbocycles. The molecule has 0 aromatic heterocycles. The van der Waals surface area contributed by atoms with Gasteiger partial charge in [-0.15, -0.1) is 0 Å². The molecule has 3 N–H and O–H groups in total. The normalized spacial score (nSPS) is 29.6. The maximum Gasteiger partial charge on any atom is 0.223 e. The van der Waals surface area contributed by atoms with Crippen LogP contribution in [0.4, 0.5) is 0 Å². The molecule has 1 fully saturated rings. The summed E-state index contributed by atoms with van der Waals surface area (Å²) < 4.78 is 0. The lowest BCUT2D eigenvalue weighted by Crippen LogP contribution is -2.44. The molecule has 3 atom stereocenters. The first kappa shape index (κ1) is 11.5. The van der Waals surface area contributed by atoms with Crippen LogP contribution in [0.3, 0.4) is 0 Å². The second-order valence-electron chi connectivity index (χ2n) is 4.17. The first-order chi connectivity index (χ1) is 6.61. The van der Waals surface area contributed by atoms with Gasteiger partial charge in [-0.1, -0.05) is 6.92 Å². The second-order valence-corrected chi connectivity index (χ2v) is 4.17. The second kappa shape index (κ2) is 5.32. The molecule has 0 saturated carbocycles. The fraction of sp³-hybridized carbons (Fsp3) is 0.900. The zero-order valence-corrected chi connectivity index (χ0v) is 8.92. The monoisotopic (exact) mass is 200 g/mol. The molecule has 0 radical (unpaired) electrons. The van der Waals surface area contributed by atoms with Gasteiger partial charge in [-0.2, -0.15) is 0 Å². The van der Waals surface area contributed by atoms with E-state index in [1.54, 1.807) is 6.92 Å². The van der Waals surface area contributed by atoms with Crippen LogP contribution in [0.2, 0.25) is 0 Å². The molecular formula is C10H20N2O2. The van der Waals surface area contributed by atoms with Crippen LogP contribution in [0.1, 0.15) is 20.3 Å². The van der Waals surface area contributed by atoms with E-state index in [0.717, 1.165) is 19.5 Å². The first-order valence-electron chi connectivity index (χ1n) is 5.27. The lowest BCUT2D eigenvalue weighted by Gasteiger charge is -2.28. The Morgan fingerprint density at radius 1 is 1.71 bits per heavy atom. The van der Waals surface area contributed by atoms with E-state index in [2.05, 4.69) is 17.6 Å². The molecule has 4 heteroatoms. The van der Waals surface area contributed by atoms with E-state index >= 15 is 0 Å². The van der Waals surface area contributed by atoms with Gasteiger partial charge in [0.2, 0.25) is 5.91 Å². The third-order valence-electron chi connectivity index (χ3n) is 2.69. The maximum absolute atomic E-state index is 11.7. The highest BCUT2D eigenvalue weighted by atomic mass is 16.3. The number of hydrogen-bond acceptors (Lipinski definition) is 3. The Morgan fingerprint density at radius 3 is 3.00 bits per heavy atom. The lowest BCUT2D eigenvalue weighted by atomic mass is 9.87. The van der Waals surface area contributed by atoms with Gasteiger partial charge in [0, 0.05) is 12.5 Å². The Morgan fingerprint density at radius 2 is 2.43 bits per heavy atom. The van der Waals surface area contributed by atoms with Gasteiger partial charge >= 0.3 is 0 Å². The molecule has 1 heterocycles. The molecule has 2 unspecified atom stereocenters. The van der Waals surface area contributed by atoms with Crippen molar-refractivity contribution in [1.29, 1.82) is 0 Å².